The van der Waals surface area contributed by atoms with Crippen LogP contribution in [0.15, 0.2) is 5.34 Å². The van der Waals surface area contributed by atoms with E-state index in [9.17, 15) is 0 Å². The van der Waals surface area contributed by atoms with Crippen molar-refractivity contribution in [2.45, 2.75) is 39.2 Å². The zero-order chi connectivity index (χ0) is 11.9. The first kappa shape index (κ1) is 14.3. The molecule has 0 saturated carbocycles. The second-order valence-electron chi connectivity index (χ2n) is 4.96. The number of hydrogen-bond donors (Lipinski definition) is 0. The lowest BCUT2D eigenvalue weighted by molar-refractivity contribution is -0.976. The molecule has 0 aromatic carbocycles. The van der Waals surface area contributed by atoms with E-state index in [1.807, 2.05) is 7.11 Å². The average Bonchev–Trinajstić information content (AvgIpc) is 2.55. The molecule has 0 bridgehead atoms. The zero-order valence-electron chi connectivity index (χ0n) is 10.2. The maximum atomic E-state index is 8.00. The van der Waals surface area contributed by atoms with E-state index in [4.69, 9.17) is 14.9 Å². The minimum Gasteiger partial charge on any atom is -0.444 e. The summed E-state index contributed by atoms with van der Waals surface area (Å²) in [6.45, 7) is 10.4. The molecule has 1 saturated heterocycles. The molecule has 5 nitrogen and oxygen atoms in total. The van der Waals surface area contributed by atoms with Crippen molar-refractivity contribution in [2.24, 2.45) is 5.34 Å². The maximum Gasteiger partial charge on any atom is 0.183 e. The fourth-order valence-corrected chi connectivity index (χ4v) is 2.18. The van der Waals surface area contributed by atoms with Gasteiger partial charge in [0.15, 0.2) is 6.73 Å². The molecule has 0 amide bonds. The molecule has 1 aliphatic heterocycles. The number of likely N-dealkylation sites (tertiary alicyclic amines) is 1. The Morgan fingerprint density at radius 1 is 1.33 bits per heavy atom. The normalized spacial score (nSPS) is 19.2. The number of quaternary nitrogens is 1. The van der Waals surface area contributed by atoms with Crippen LogP contribution in [0.3, 0.4) is 0 Å². The predicted molar refractivity (Wildman–Crippen MR) is 60.0 cm³/mol. The third-order valence-corrected chi connectivity index (χ3v) is 3.22. The predicted octanol–water partition coefficient (Wildman–Crippen LogP) is 2.25. The van der Waals surface area contributed by atoms with Gasteiger partial charge in [0, 0.05) is 20.0 Å². The molecular formula is C10H22N2O3. The molecule has 0 spiro atoms. The molecule has 1 fully saturated rings. The van der Waals surface area contributed by atoms with Crippen molar-refractivity contribution in [3.8, 4) is 0 Å². The van der Waals surface area contributed by atoms with E-state index in [1.165, 1.54) is 25.9 Å². The molecule has 1 heterocycles. The van der Waals surface area contributed by atoms with Crippen LogP contribution in [0.5, 0.6) is 0 Å². The van der Waals surface area contributed by atoms with E-state index >= 15 is 0 Å². The maximum absolute atomic E-state index is 8.00. The van der Waals surface area contributed by atoms with E-state index in [0.29, 0.717) is 5.54 Å². The molecule has 1 aliphatic rings. The number of hydrogen-bond acceptors (Lipinski definition) is 4. The lowest BCUT2D eigenvalue weighted by Gasteiger charge is -2.44. The van der Waals surface area contributed by atoms with Crippen LogP contribution in [0.4, 0.5) is 0 Å². The van der Waals surface area contributed by atoms with Crippen molar-refractivity contribution in [1.29, 1.82) is 0 Å². The van der Waals surface area contributed by atoms with Crippen LogP contribution in [0, 0.1) is 10.1 Å². The summed E-state index contributed by atoms with van der Waals surface area (Å²) >= 11 is 0. The van der Waals surface area contributed by atoms with E-state index in [2.05, 4.69) is 20.8 Å². The topological polar surface area (TPSA) is 61.7 Å². The van der Waals surface area contributed by atoms with E-state index in [-0.39, 0.29) is 0 Å². The molecule has 0 aromatic heterocycles. The number of nitrogens with zero attached hydrogens (tertiary/aromatic N) is 2. The summed E-state index contributed by atoms with van der Waals surface area (Å²) in [5.41, 5.74) is 0.340. The lowest BCUT2D eigenvalue weighted by atomic mass is 10.0. The average molecular weight is 218 g/mol. The number of rotatable bonds is 2. The van der Waals surface area contributed by atoms with Crippen LogP contribution in [0.25, 0.3) is 0 Å². The molecule has 0 radical (unpaired) electrons. The van der Waals surface area contributed by atoms with E-state index < -0.39 is 0 Å². The van der Waals surface area contributed by atoms with Crippen LogP contribution >= 0.6 is 0 Å². The third-order valence-electron chi connectivity index (χ3n) is 3.22. The molecule has 0 aliphatic carbocycles. The smallest absolute Gasteiger partial charge is 0.183 e. The minimum atomic E-state index is 0.340. The Morgan fingerprint density at radius 3 is 2.00 bits per heavy atom. The van der Waals surface area contributed by atoms with Gasteiger partial charge >= 0.3 is 0 Å². The minimum absolute atomic E-state index is 0.340. The van der Waals surface area contributed by atoms with Gasteiger partial charge in [-0.3, -0.25) is 4.48 Å². The van der Waals surface area contributed by atoms with Gasteiger partial charge in [0.05, 0.1) is 18.6 Å². The van der Waals surface area contributed by atoms with Gasteiger partial charge in [0.25, 0.3) is 0 Å². The van der Waals surface area contributed by atoms with Crippen molar-refractivity contribution in [2.75, 3.05) is 26.9 Å². The summed E-state index contributed by atoms with van der Waals surface area (Å²) in [6, 6.07) is 0. The van der Waals surface area contributed by atoms with Crippen molar-refractivity contribution in [3.05, 3.63) is 10.1 Å². The Labute approximate surface area is 91.6 Å². The Hall–Kier alpha value is -0.680. The summed E-state index contributed by atoms with van der Waals surface area (Å²) in [4.78, 5) is 8.00. The quantitative estimate of drug-likeness (QED) is 0.405. The zero-order valence-corrected chi connectivity index (χ0v) is 10.2. The Bertz CT molecular complexity index is 184. The summed E-state index contributed by atoms with van der Waals surface area (Å²) in [6.07, 6.45) is 2.72. The summed E-state index contributed by atoms with van der Waals surface area (Å²) < 4.78 is 6.47. The first-order valence-corrected chi connectivity index (χ1v) is 5.23. The van der Waals surface area contributed by atoms with Crippen molar-refractivity contribution in [1.82, 2.24) is 0 Å². The molecular weight excluding hydrogens is 196 g/mol. The molecule has 0 unspecified atom stereocenters. The molecule has 0 N–H and O–H groups in total. The van der Waals surface area contributed by atoms with Gasteiger partial charge in [-0.25, -0.2) is 0 Å². The van der Waals surface area contributed by atoms with Crippen molar-refractivity contribution in [3.63, 3.8) is 0 Å². The van der Waals surface area contributed by atoms with Gasteiger partial charge in [-0.1, -0.05) is 0 Å². The van der Waals surface area contributed by atoms with Crippen LogP contribution < -0.4 is 0 Å². The molecule has 15 heavy (non-hydrogen) atoms. The fourth-order valence-electron chi connectivity index (χ4n) is 2.18. The molecule has 1 rings (SSSR count). The largest absolute Gasteiger partial charge is 0.444 e. The third kappa shape index (κ3) is 3.76. The van der Waals surface area contributed by atoms with Crippen LogP contribution in [-0.4, -0.2) is 37.0 Å². The van der Waals surface area contributed by atoms with Gasteiger partial charge in [0.1, 0.15) is 0 Å². The van der Waals surface area contributed by atoms with Gasteiger partial charge in [-0.15, -0.1) is 5.34 Å². The van der Waals surface area contributed by atoms with Gasteiger partial charge in [0.2, 0.25) is 0 Å². The Morgan fingerprint density at radius 2 is 1.73 bits per heavy atom. The van der Waals surface area contributed by atoms with Crippen LogP contribution in [0.2, 0.25) is 0 Å². The summed E-state index contributed by atoms with van der Waals surface area (Å²) in [5, 5.41) is 9.00. The monoisotopic (exact) mass is 218 g/mol. The van der Waals surface area contributed by atoms with Gasteiger partial charge in [-0.05, 0) is 20.8 Å². The second-order valence-corrected chi connectivity index (χ2v) is 4.96. The molecule has 5 heteroatoms. The lowest BCUT2D eigenvalue weighted by Crippen LogP contribution is -2.59. The van der Waals surface area contributed by atoms with Crippen LogP contribution in [-0.2, 0) is 4.74 Å². The summed E-state index contributed by atoms with van der Waals surface area (Å²) in [7, 11) is 1.81. The van der Waals surface area contributed by atoms with Gasteiger partial charge in [-0.2, -0.15) is 0 Å². The highest BCUT2D eigenvalue weighted by Crippen LogP contribution is 2.30. The number of ether oxygens (including phenoxy) is 1. The molecule has 0 aromatic rings. The van der Waals surface area contributed by atoms with E-state index in [1.54, 1.807) is 0 Å². The summed E-state index contributed by atoms with van der Waals surface area (Å²) in [5.74, 6) is 0. The van der Waals surface area contributed by atoms with Crippen LogP contribution in [0.1, 0.15) is 33.6 Å². The van der Waals surface area contributed by atoms with Crippen molar-refractivity contribution >= 4 is 0 Å². The first-order valence-electron chi connectivity index (χ1n) is 5.23. The fraction of sp³-hybridized carbons (Fsp3) is 1.00. The highest BCUT2D eigenvalue weighted by atomic mass is 16.6. The van der Waals surface area contributed by atoms with Gasteiger partial charge < -0.3 is 14.9 Å². The SMILES string of the molecule is COC[N+]1(C(C)(C)C)CCCC1.O=N[O-]. The highest BCUT2D eigenvalue weighted by Gasteiger charge is 2.42. The number of methoxy groups -OCH3 is 1. The molecule has 90 valence electrons. The standard InChI is InChI=1S/C10H22NO.HNO2/c1-10(2,3)11(9-12-4)7-5-6-8-11;2-1-3/h5-9H2,1-4H3;(H,2,3)/q+1;/p-1. The van der Waals surface area contributed by atoms with Crippen molar-refractivity contribution < 1.29 is 9.22 Å². The first-order chi connectivity index (χ1) is 6.93. The second kappa shape index (κ2) is 6.02. The van der Waals surface area contributed by atoms with E-state index in [0.717, 1.165) is 16.6 Å². The molecule has 0 atom stereocenters. The highest BCUT2D eigenvalue weighted by molar-refractivity contribution is 4.67. The Balaban J connectivity index is 0.000000583. The Kier molecular flexibility index (Phi) is 5.75.